The number of ether oxygens (including phenoxy) is 6. The van der Waals surface area contributed by atoms with E-state index in [-0.39, 0.29) is 11.1 Å². The Kier molecular flexibility index (Phi) is 9.69. The monoisotopic (exact) mass is 378 g/mol. The number of carbonyl (C=O) groups excluding carboxylic acids is 2. The standard InChI is InChI=1S/C15H23O9P/c1-10(2)12(16)21-8-23-14(5,19-6)15(20-7,25-18)24-9-22-13(17)11(3)4/h1,3,8-9H2,2,4-7H3. The Morgan fingerprint density at radius 1 is 0.920 bits per heavy atom. The summed E-state index contributed by atoms with van der Waals surface area (Å²) >= 11 is 0. The van der Waals surface area contributed by atoms with Crippen LogP contribution in [-0.4, -0.2) is 51.1 Å². The maximum atomic E-state index is 11.7. The zero-order valence-electron chi connectivity index (χ0n) is 14.9. The maximum Gasteiger partial charge on any atom is 0.335 e. The molecule has 0 aliphatic rings. The summed E-state index contributed by atoms with van der Waals surface area (Å²) in [5, 5.41) is 0. The minimum absolute atomic E-state index is 0.156. The molecule has 0 aromatic rings. The van der Waals surface area contributed by atoms with Gasteiger partial charge in [-0.05, 0) is 20.8 Å². The quantitative estimate of drug-likeness (QED) is 0.218. The first-order chi connectivity index (χ1) is 11.6. The van der Waals surface area contributed by atoms with E-state index in [1.807, 2.05) is 0 Å². The number of hydrogen-bond acceptors (Lipinski definition) is 9. The minimum atomic E-state index is -2.01. The average molecular weight is 378 g/mol. The molecule has 0 aromatic heterocycles. The van der Waals surface area contributed by atoms with Gasteiger partial charge in [-0.25, -0.2) is 9.59 Å². The minimum Gasteiger partial charge on any atom is -0.435 e. The molecular formula is C15H23O9P. The third-order valence-electron chi connectivity index (χ3n) is 3.03. The molecule has 0 radical (unpaired) electrons. The van der Waals surface area contributed by atoms with E-state index in [9.17, 15) is 14.2 Å². The Labute approximate surface area is 148 Å². The van der Waals surface area contributed by atoms with Crippen LogP contribution in [0.5, 0.6) is 0 Å². The molecule has 25 heavy (non-hydrogen) atoms. The molecule has 0 saturated carbocycles. The molecule has 0 fully saturated rings. The van der Waals surface area contributed by atoms with E-state index in [2.05, 4.69) is 13.2 Å². The van der Waals surface area contributed by atoms with Gasteiger partial charge in [0.15, 0.2) is 13.6 Å². The molecule has 0 aliphatic carbocycles. The zero-order valence-corrected chi connectivity index (χ0v) is 15.8. The van der Waals surface area contributed by atoms with Crippen molar-refractivity contribution < 1.29 is 42.6 Å². The first-order valence-corrected chi connectivity index (χ1v) is 7.78. The van der Waals surface area contributed by atoms with Crippen molar-refractivity contribution in [1.82, 2.24) is 0 Å². The molecule has 9 nitrogen and oxygen atoms in total. The molecule has 0 bridgehead atoms. The van der Waals surface area contributed by atoms with Gasteiger partial charge in [0.2, 0.25) is 14.2 Å². The highest BCUT2D eigenvalue weighted by atomic mass is 31.1. The van der Waals surface area contributed by atoms with Gasteiger partial charge in [-0.15, -0.1) is 0 Å². The number of rotatable bonds is 12. The Bertz CT molecular complexity index is 533. The fourth-order valence-corrected chi connectivity index (χ4v) is 1.91. The van der Waals surface area contributed by atoms with Crippen molar-refractivity contribution in [2.45, 2.75) is 32.1 Å². The van der Waals surface area contributed by atoms with Gasteiger partial charge in [0.25, 0.3) is 0 Å². The van der Waals surface area contributed by atoms with E-state index in [0.717, 1.165) is 0 Å². The predicted octanol–water partition coefficient (Wildman–Crippen LogP) is 2.13. The smallest absolute Gasteiger partial charge is 0.335 e. The topological polar surface area (TPSA) is 107 Å². The molecule has 0 heterocycles. The second kappa shape index (κ2) is 10.4. The molecular weight excluding hydrogens is 355 g/mol. The summed E-state index contributed by atoms with van der Waals surface area (Å²) in [4.78, 5) is 22.8. The van der Waals surface area contributed by atoms with E-state index < -0.39 is 45.3 Å². The third kappa shape index (κ3) is 6.30. The lowest BCUT2D eigenvalue weighted by Gasteiger charge is -2.39. The molecule has 0 N–H and O–H groups in total. The summed E-state index contributed by atoms with van der Waals surface area (Å²) in [5.41, 5.74) is -1.68. The highest BCUT2D eigenvalue weighted by molar-refractivity contribution is 7.25. The van der Waals surface area contributed by atoms with Crippen LogP contribution in [0.25, 0.3) is 0 Å². The van der Waals surface area contributed by atoms with Crippen LogP contribution >= 0.6 is 8.46 Å². The SMILES string of the molecule is C=C(C)C(=O)OCOC(C)(OC)C(OC)(OCOC(=O)C(=C)C)P=O. The van der Waals surface area contributed by atoms with Gasteiger partial charge in [0.1, 0.15) is 0 Å². The first kappa shape index (κ1) is 23.4. The summed E-state index contributed by atoms with van der Waals surface area (Å²) in [6.07, 6.45) is 0. The van der Waals surface area contributed by atoms with Gasteiger partial charge in [-0.3, -0.25) is 9.30 Å². The normalized spacial score (nSPS) is 15.7. The van der Waals surface area contributed by atoms with Crippen LogP contribution in [0.2, 0.25) is 0 Å². The fraction of sp³-hybridized carbons (Fsp3) is 0.600. The average Bonchev–Trinajstić information content (AvgIpc) is 2.58. The van der Waals surface area contributed by atoms with Gasteiger partial charge in [0, 0.05) is 25.4 Å². The van der Waals surface area contributed by atoms with Gasteiger partial charge in [-0.1, -0.05) is 13.2 Å². The van der Waals surface area contributed by atoms with Gasteiger partial charge >= 0.3 is 17.5 Å². The van der Waals surface area contributed by atoms with E-state index >= 15 is 0 Å². The highest BCUT2D eigenvalue weighted by Crippen LogP contribution is 2.40. The van der Waals surface area contributed by atoms with E-state index in [4.69, 9.17) is 28.4 Å². The molecule has 142 valence electrons. The Balaban J connectivity index is 5.08. The molecule has 0 amide bonds. The molecule has 0 aromatic carbocycles. The number of esters is 2. The second-order valence-electron chi connectivity index (χ2n) is 4.98. The van der Waals surface area contributed by atoms with E-state index in [0.29, 0.717) is 0 Å². The molecule has 0 aliphatic heterocycles. The lowest BCUT2D eigenvalue weighted by Crippen LogP contribution is -2.55. The van der Waals surface area contributed by atoms with Gasteiger partial charge in [-0.2, -0.15) is 0 Å². The van der Waals surface area contributed by atoms with Crippen LogP contribution in [0.3, 0.4) is 0 Å². The van der Waals surface area contributed by atoms with Crippen molar-refractivity contribution in [3.05, 3.63) is 24.3 Å². The molecule has 10 heteroatoms. The predicted molar refractivity (Wildman–Crippen MR) is 86.5 cm³/mol. The number of carbonyl (C=O) groups is 2. The second-order valence-corrected chi connectivity index (χ2v) is 5.75. The van der Waals surface area contributed by atoms with E-state index in [1.165, 1.54) is 35.0 Å². The van der Waals surface area contributed by atoms with Crippen molar-refractivity contribution in [3.8, 4) is 0 Å². The lowest BCUT2D eigenvalue weighted by molar-refractivity contribution is -0.374. The molecule has 2 atom stereocenters. The molecule has 0 spiro atoms. The van der Waals surface area contributed by atoms with Gasteiger partial charge < -0.3 is 23.7 Å². The van der Waals surface area contributed by atoms with Crippen molar-refractivity contribution in [3.63, 3.8) is 0 Å². The van der Waals surface area contributed by atoms with Gasteiger partial charge in [0.05, 0.1) is 0 Å². The molecule has 0 rings (SSSR count). The highest BCUT2D eigenvalue weighted by Gasteiger charge is 2.55. The van der Waals surface area contributed by atoms with Crippen molar-refractivity contribution in [1.29, 1.82) is 0 Å². The summed E-state index contributed by atoms with van der Waals surface area (Å²) < 4.78 is 42.2. The van der Waals surface area contributed by atoms with Crippen LogP contribution in [0.15, 0.2) is 24.3 Å². The summed E-state index contributed by atoms with van der Waals surface area (Å²) in [7, 11) is 1.73. The molecule has 2 unspecified atom stereocenters. The Morgan fingerprint density at radius 2 is 1.36 bits per heavy atom. The fourth-order valence-electron chi connectivity index (χ4n) is 1.41. The Hall–Kier alpha value is -1.64. The Morgan fingerprint density at radius 3 is 1.68 bits per heavy atom. The van der Waals surface area contributed by atoms with Crippen molar-refractivity contribution >= 4 is 20.4 Å². The summed E-state index contributed by atoms with van der Waals surface area (Å²) in [5.74, 6) is -3.17. The van der Waals surface area contributed by atoms with Crippen LogP contribution in [0.4, 0.5) is 0 Å². The summed E-state index contributed by atoms with van der Waals surface area (Å²) in [6, 6.07) is 0. The number of methoxy groups -OCH3 is 2. The van der Waals surface area contributed by atoms with E-state index in [1.54, 1.807) is 0 Å². The zero-order chi connectivity index (χ0) is 19.7. The third-order valence-corrected chi connectivity index (χ3v) is 3.98. The maximum absolute atomic E-state index is 11.7. The van der Waals surface area contributed by atoms with Crippen molar-refractivity contribution in [2.24, 2.45) is 0 Å². The van der Waals surface area contributed by atoms with Crippen LogP contribution < -0.4 is 0 Å². The number of hydrogen-bond donors (Lipinski definition) is 0. The van der Waals surface area contributed by atoms with Crippen LogP contribution in [0, 0.1) is 0 Å². The summed E-state index contributed by atoms with van der Waals surface area (Å²) in [6.45, 7) is 9.95. The lowest BCUT2D eigenvalue weighted by atomic mass is 10.3. The first-order valence-electron chi connectivity index (χ1n) is 6.97. The molecule has 0 saturated heterocycles. The van der Waals surface area contributed by atoms with Crippen LogP contribution in [0.1, 0.15) is 20.8 Å². The van der Waals surface area contributed by atoms with Crippen LogP contribution in [-0.2, 0) is 42.6 Å². The van der Waals surface area contributed by atoms with Crippen molar-refractivity contribution in [2.75, 3.05) is 27.8 Å². The largest absolute Gasteiger partial charge is 0.435 e.